The number of ether oxygens (including phenoxy) is 2. The van der Waals surface area contributed by atoms with E-state index < -0.39 is 5.97 Å². The van der Waals surface area contributed by atoms with Crippen molar-refractivity contribution in [2.24, 2.45) is 0 Å². The highest BCUT2D eigenvalue weighted by atomic mass is 16.5. The van der Waals surface area contributed by atoms with Crippen molar-refractivity contribution in [2.45, 2.75) is 13.8 Å². The molecule has 0 amide bonds. The zero-order valence-corrected chi connectivity index (χ0v) is 7.20. The summed E-state index contributed by atoms with van der Waals surface area (Å²) in [4.78, 5) is 20.9. The maximum absolute atomic E-state index is 10.6. The van der Waals surface area contributed by atoms with Gasteiger partial charge in [0, 0.05) is 13.0 Å². The van der Waals surface area contributed by atoms with Crippen molar-refractivity contribution in [1.82, 2.24) is 0 Å². The van der Waals surface area contributed by atoms with Gasteiger partial charge in [-0.3, -0.25) is 4.79 Å². The Morgan fingerprint density at radius 3 is 2.50 bits per heavy atom. The molecule has 0 unspecified atom stereocenters. The standard InChI is InChI=1S/C8H12O4/c1-3-11-8(10)5-4-6-12-7(2)9/h4-5H,3,6H2,1-2H3. The van der Waals surface area contributed by atoms with E-state index in [1.165, 1.54) is 19.1 Å². The molecule has 0 atom stereocenters. The molecule has 0 saturated carbocycles. The highest BCUT2D eigenvalue weighted by Gasteiger charge is 1.92. The Kier molecular flexibility index (Phi) is 5.69. The Bertz CT molecular complexity index is 183. The zero-order valence-electron chi connectivity index (χ0n) is 7.20. The van der Waals surface area contributed by atoms with E-state index >= 15 is 0 Å². The molecule has 12 heavy (non-hydrogen) atoms. The molecule has 0 rings (SSSR count). The Labute approximate surface area is 71.2 Å². The highest BCUT2D eigenvalue weighted by molar-refractivity contribution is 5.81. The fourth-order valence-electron chi connectivity index (χ4n) is 0.500. The maximum Gasteiger partial charge on any atom is 0.330 e. The van der Waals surface area contributed by atoms with Gasteiger partial charge in [-0.25, -0.2) is 4.79 Å². The molecule has 0 aliphatic heterocycles. The molecule has 0 saturated heterocycles. The second kappa shape index (κ2) is 6.39. The Balaban J connectivity index is 3.48. The molecule has 0 heterocycles. The number of esters is 2. The Hall–Kier alpha value is -1.32. The molecule has 0 aromatic carbocycles. The molecule has 0 aliphatic rings. The minimum Gasteiger partial charge on any atom is -0.463 e. The van der Waals surface area contributed by atoms with E-state index in [9.17, 15) is 9.59 Å². The molecule has 4 heteroatoms. The van der Waals surface area contributed by atoms with E-state index in [1.54, 1.807) is 6.92 Å². The van der Waals surface area contributed by atoms with Crippen LogP contribution in [0.15, 0.2) is 12.2 Å². The molecule has 0 radical (unpaired) electrons. The smallest absolute Gasteiger partial charge is 0.330 e. The largest absolute Gasteiger partial charge is 0.463 e. The van der Waals surface area contributed by atoms with Crippen LogP contribution in [-0.2, 0) is 19.1 Å². The van der Waals surface area contributed by atoms with Crippen LogP contribution >= 0.6 is 0 Å². The van der Waals surface area contributed by atoms with Gasteiger partial charge in [0.25, 0.3) is 0 Å². The van der Waals surface area contributed by atoms with Crippen molar-refractivity contribution in [3.05, 3.63) is 12.2 Å². The quantitative estimate of drug-likeness (QED) is 0.462. The van der Waals surface area contributed by atoms with Crippen LogP contribution in [0.5, 0.6) is 0 Å². The van der Waals surface area contributed by atoms with E-state index in [0.717, 1.165) is 0 Å². The molecule has 0 fully saturated rings. The van der Waals surface area contributed by atoms with E-state index in [2.05, 4.69) is 9.47 Å². The summed E-state index contributed by atoms with van der Waals surface area (Å²) in [6, 6.07) is 0. The summed E-state index contributed by atoms with van der Waals surface area (Å²) in [6.45, 7) is 3.47. The summed E-state index contributed by atoms with van der Waals surface area (Å²) in [6.07, 6.45) is 2.66. The van der Waals surface area contributed by atoms with E-state index in [1.807, 2.05) is 0 Å². The lowest BCUT2D eigenvalue weighted by Crippen LogP contribution is -2.01. The van der Waals surface area contributed by atoms with E-state index in [4.69, 9.17) is 0 Å². The topological polar surface area (TPSA) is 52.6 Å². The molecule has 0 N–H and O–H groups in total. The van der Waals surface area contributed by atoms with Crippen LogP contribution < -0.4 is 0 Å². The second-order valence-electron chi connectivity index (χ2n) is 1.96. The van der Waals surface area contributed by atoms with Crippen molar-refractivity contribution < 1.29 is 19.1 Å². The lowest BCUT2D eigenvalue weighted by Gasteiger charge is -1.95. The number of hydrogen-bond donors (Lipinski definition) is 0. The summed E-state index contributed by atoms with van der Waals surface area (Å²) < 4.78 is 9.12. The number of hydrogen-bond acceptors (Lipinski definition) is 4. The third-order valence-electron chi connectivity index (χ3n) is 0.923. The van der Waals surface area contributed by atoms with E-state index in [0.29, 0.717) is 6.61 Å². The summed E-state index contributed by atoms with van der Waals surface area (Å²) in [7, 11) is 0. The summed E-state index contributed by atoms with van der Waals surface area (Å²) in [5.41, 5.74) is 0. The SMILES string of the molecule is CCOC(=O)C=CCOC(C)=O. The Morgan fingerprint density at radius 2 is 2.00 bits per heavy atom. The fourth-order valence-corrected chi connectivity index (χ4v) is 0.500. The molecule has 0 spiro atoms. The van der Waals surface area contributed by atoms with Gasteiger partial charge >= 0.3 is 11.9 Å². The highest BCUT2D eigenvalue weighted by Crippen LogP contribution is 1.83. The first-order valence-corrected chi connectivity index (χ1v) is 3.63. The lowest BCUT2D eigenvalue weighted by atomic mass is 10.5. The van der Waals surface area contributed by atoms with Crippen LogP contribution in [0.25, 0.3) is 0 Å². The fraction of sp³-hybridized carbons (Fsp3) is 0.500. The maximum atomic E-state index is 10.6. The van der Waals surface area contributed by atoms with Crippen molar-refractivity contribution in [3.63, 3.8) is 0 Å². The van der Waals surface area contributed by atoms with Gasteiger partial charge in [0.2, 0.25) is 0 Å². The van der Waals surface area contributed by atoms with Gasteiger partial charge in [-0.05, 0) is 13.0 Å². The summed E-state index contributed by atoms with van der Waals surface area (Å²) >= 11 is 0. The zero-order chi connectivity index (χ0) is 9.40. The van der Waals surface area contributed by atoms with Gasteiger partial charge in [-0.2, -0.15) is 0 Å². The normalized spacial score (nSPS) is 9.83. The van der Waals surface area contributed by atoms with Crippen LogP contribution in [0.1, 0.15) is 13.8 Å². The number of carbonyl (C=O) groups is 2. The van der Waals surface area contributed by atoms with Crippen molar-refractivity contribution in [2.75, 3.05) is 13.2 Å². The van der Waals surface area contributed by atoms with E-state index in [-0.39, 0.29) is 12.6 Å². The predicted octanol–water partition coefficient (Wildman–Crippen LogP) is 0.669. The molecule has 0 aromatic rings. The van der Waals surface area contributed by atoms with Crippen LogP contribution in [0, 0.1) is 0 Å². The van der Waals surface area contributed by atoms with Gasteiger partial charge in [-0.1, -0.05) is 0 Å². The molecular formula is C8H12O4. The molecule has 4 nitrogen and oxygen atoms in total. The third kappa shape index (κ3) is 6.80. The van der Waals surface area contributed by atoms with Crippen LogP contribution in [0.4, 0.5) is 0 Å². The molecule has 68 valence electrons. The number of carbonyl (C=O) groups excluding carboxylic acids is 2. The predicted molar refractivity (Wildman–Crippen MR) is 42.4 cm³/mol. The lowest BCUT2D eigenvalue weighted by molar-refractivity contribution is -0.140. The van der Waals surface area contributed by atoms with Crippen molar-refractivity contribution in [3.8, 4) is 0 Å². The average molecular weight is 172 g/mol. The molecule has 0 aliphatic carbocycles. The van der Waals surface area contributed by atoms with Gasteiger partial charge in [-0.15, -0.1) is 0 Å². The van der Waals surface area contributed by atoms with Crippen molar-refractivity contribution >= 4 is 11.9 Å². The average Bonchev–Trinajstić information content (AvgIpc) is 1.98. The van der Waals surface area contributed by atoms with Crippen LogP contribution in [-0.4, -0.2) is 25.2 Å². The van der Waals surface area contributed by atoms with Gasteiger partial charge in [0.1, 0.15) is 6.61 Å². The third-order valence-corrected chi connectivity index (χ3v) is 0.923. The van der Waals surface area contributed by atoms with Crippen LogP contribution in [0.3, 0.4) is 0 Å². The minimum absolute atomic E-state index is 0.105. The minimum atomic E-state index is -0.426. The summed E-state index contributed by atoms with van der Waals surface area (Å²) in [5, 5.41) is 0. The second-order valence-corrected chi connectivity index (χ2v) is 1.96. The first-order chi connectivity index (χ1) is 5.66. The molecule has 0 aromatic heterocycles. The number of rotatable bonds is 4. The van der Waals surface area contributed by atoms with Gasteiger partial charge in [0.05, 0.1) is 6.61 Å². The molecule has 0 bridgehead atoms. The summed E-state index contributed by atoms with van der Waals surface area (Å²) in [5.74, 6) is -0.798. The first kappa shape index (κ1) is 10.7. The van der Waals surface area contributed by atoms with Gasteiger partial charge in [0.15, 0.2) is 0 Å². The Morgan fingerprint density at radius 1 is 1.33 bits per heavy atom. The van der Waals surface area contributed by atoms with Gasteiger partial charge < -0.3 is 9.47 Å². The first-order valence-electron chi connectivity index (χ1n) is 3.63. The van der Waals surface area contributed by atoms with Crippen molar-refractivity contribution in [1.29, 1.82) is 0 Å². The van der Waals surface area contributed by atoms with Crippen LogP contribution in [0.2, 0.25) is 0 Å². The molecular weight excluding hydrogens is 160 g/mol. The monoisotopic (exact) mass is 172 g/mol.